The molecule has 1 aromatic carbocycles. The molecule has 0 saturated heterocycles. The number of hydrogen-bond donors (Lipinski definition) is 2. The van der Waals surface area contributed by atoms with Crippen molar-refractivity contribution in [1.29, 1.82) is 0 Å². The highest BCUT2D eigenvalue weighted by Gasteiger charge is 2.13. The predicted molar refractivity (Wildman–Crippen MR) is 84.3 cm³/mol. The maximum Gasteiger partial charge on any atom is 0.303 e. The number of para-hydroxylation sites is 1. The molecule has 0 saturated carbocycles. The predicted octanol–water partition coefficient (Wildman–Crippen LogP) is 1.49. The molecule has 2 aromatic rings. The fraction of sp³-hybridized carbons (Fsp3) is 0.375. The minimum atomic E-state index is -0.815. The van der Waals surface area contributed by atoms with Crippen LogP contribution in [-0.2, 0) is 16.0 Å². The third-order valence-corrected chi connectivity index (χ3v) is 3.46. The largest absolute Gasteiger partial charge is 0.481 e. The van der Waals surface area contributed by atoms with Gasteiger partial charge in [0.25, 0.3) is 0 Å². The first-order chi connectivity index (χ1) is 11.1. The van der Waals surface area contributed by atoms with Gasteiger partial charge in [-0.2, -0.15) is 0 Å². The molecule has 1 amide bonds. The molecule has 0 aliphatic rings. The number of carboxylic acid groups (broad SMARTS) is 1. The van der Waals surface area contributed by atoms with Crippen LogP contribution >= 0.6 is 0 Å². The Morgan fingerprint density at radius 2 is 1.96 bits per heavy atom. The number of nitrogens with zero attached hydrogens (tertiary/aromatic N) is 3. The lowest BCUT2D eigenvalue weighted by Gasteiger charge is -2.05. The van der Waals surface area contributed by atoms with Crippen LogP contribution in [0.4, 0.5) is 0 Å². The van der Waals surface area contributed by atoms with Crippen LogP contribution in [0.5, 0.6) is 0 Å². The SMILES string of the molecule is Cc1c(CC(=O)NCCCCC(=O)O)nnn1-c1ccccc1. The molecule has 0 radical (unpaired) electrons. The van der Waals surface area contributed by atoms with Gasteiger partial charge in [0, 0.05) is 13.0 Å². The maximum absolute atomic E-state index is 11.9. The average Bonchev–Trinajstić information content (AvgIpc) is 2.88. The van der Waals surface area contributed by atoms with Gasteiger partial charge in [0.05, 0.1) is 23.5 Å². The number of aromatic nitrogens is 3. The molecule has 7 heteroatoms. The van der Waals surface area contributed by atoms with Gasteiger partial charge in [-0.25, -0.2) is 4.68 Å². The van der Waals surface area contributed by atoms with Crippen molar-refractivity contribution in [3.63, 3.8) is 0 Å². The van der Waals surface area contributed by atoms with Crippen molar-refractivity contribution in [3.05, 3.63) is 41.7 Å². The number of carbonyl (C=O) groups is 2. The zero-order chi connectivity index (χ0) is 16.7. The zero-order valence-electron chi connectivity index (χ0n) is 13.0. The van der Waals surface area contributed by atoms with Crippen LogP contribution in [-0.4, -0.2) is 38.5 Å². The van der Waals surface area contributed by atoms with E-state index in [9.17, 15) is 9.59 Å². The molecule has 122 valence electrons. The molecule has 0 aliphatic carbocycles. The summed E-state index contributed by atoms with van der Waals surface area (Å²) in [6, 6.07) is 9.61. The Kier molecular flexibility index (Phi) is 5.85. The highest BCUT2D eigenvalue weighted by atomic mass is 16.4. The standard InChI is InChI=1S/C16H20N4O3/c1-12-14(11-15(21)17-10-6-5-9-16(22)23)18-19-20(12)13-7-3-2-4-8-13/h2-4,7-8H,5-6,9-11H2,1H3,(H,17,21)(H,22,23). The Balaban J connectivity index is 1.85. The normalized spacial score (nSPS) is 10.5. The summed E-state index contributed by atoms with van der Waals surface area (Å²) in [7, 11) is 0. The van der Waals surface area contributed by atoms with E-state index in [-0.39, 0.29) is 18.7 Å². The molecule has 1 heterocycles. The topological polar surface area (TPSA) is 97.1 Å². The van der Waals surface area contributed by atoms with Crippen molar-refractivity contribution in [2.24, 2.45) is 0 Å². The van der Waals surface area contributed by atoms with Crippen molar-refractivity contribution in [2.75, 3.05) is 6.54 Å². The second kappa shape index (κ2) is 8.07. The van der Waals surface area contributed by atoms with Crippen LogP contribution in [0, 0.1) is 6.92 Å². The van der Waals surface area contributed by atoms with E-state index >= 15 is 0 Å². The number of unbranched alkanes of at least 4 members (excludes halogenated alkanes) is 1. The molecule has 1 aromatic heterocycles. The van der Waals surface area contributed by atoms with E-state index in [1.165, 1.54) is 0 Å². The molecule has 0 unspecified atom stereocenters. The number of rotatable bonds is 8. The average molecular weight is 316 g/mol. The van der Waals surface area contributed by atoms with Crippen LogP contribution in [0.1, 0.15) is 30.7 Å². The molecule has 0 atom stereocenters. The third kappa shape index (κ3) is 4.91. The summed E-state index contributed by atoms with van der Waals surface area (Å²) in [5.41, 5.74) is 2.37. The Labute approximate surface area is 134 Å². The molecule has 2 rings (SSSR count). The zero-order valence-corrected chi connectivity index (χ0v) is 13.0. The number of nitrogens with one attached hydrogen (secondary N) is 1. The summed E-state index contributed by atoms with van der Waals surface area (Å²) < 4.78 is 1.70. The summed E-state index contributed by atoms with van der Waals surface area (Å²) in [5.74, 6) is -0.951. The second-order valence-electron chi connectivity index (χ2n) is 5.25. The second-order valence-corrected chi connectivity index (χ2v) is 5.25. The first-order valence-corrected chi connectivity index (χ1v) is 7.53. The lowest BCUT2D eigenvalue weighted by Crippen LogP contribution is -2.26. The quantitative estimate of drug-likeness (QED) is 0.719. The number of carbonyl (C=O) groups excluding carboxylic acids is 1. The number of hydrogen-bond acceptors (Lipinski definition) is 4. The van der Waals surface area contributed by atoms with Crippen molar-refractivity contribution >= 4 is 11.9 Å². The van der Waals surface area contributed by atoms with Crippen LogP contribution in [0.3, 0.4) is 0 Å². The maximum atomic E-state index is 11.9. The minimum Gasteiger partial charge on any atom is -0.481 e. The first kappa shape index (κ1) is 16.7. The Bertz CT molecular complexity index is 667. The molecule has 0 aliphatic heterocycles. The molecular weight excluding hydrogens is 296 g/mol. The fourth-order valence-electron chi connectivity index (χ4n) is 2.18. The molecule has 2 N–H and O–H groups in total. The number of aliphatic carboxylic acids is 1. The van der Waals surface area contributed by atoms with Crippen molar-refractivity contribution < 1.29 is 14.7 Å². The van der Waals surface area contributed by atoms with Gasteiger partial charge in [0.1, 0.15) is 0 Å². The Hall–Kier alpha value is -2.70. The van der Waals surface area contributed by atoms with Crippen molar-refractivity contribution in [3.8, 4) is 5.69 Å². The molecule has 0 spiro atoms. The lowest BCUT2D eigenvalue weighted by molar-refractivity contribution is -0.137. The van der Waals surface area contributed by atoms with Crippen LogP contribution in [0.15, 0.2) is 30.3 Å². The third-order valence-electron chi connectivity index (χ3n) is 3.46. The van der Waals surface area contributed by atoms with E-state index in [1.807, 2.05) is 37.3 Å². The van der Waals surface area contributed by atoms with Gasteiger partial charge < -0.3 is 10.4 Å². The van der Waals surface area contributed by atoms with Gasteiger partial charge in [-0.15, -0.1) is 5.10 Å². The van der Waals surface area contributed by atoms with Gasteiger partial charge in [-0.05, 0) is 31.9 Å². The fourth-order valence-corrected chi connectivity index (χ4v) is 2.18. The summed E-state index contributed by atoms with van der Waals surface area (Å²) in [5, 5.41) is 19.5. The van der Waals surface area contributed by atoms with E-state index in [2.05, 4.69) is 15.6 Å². The summed E-state index contributed by atoms with van der Waals surface area (Å²) in [6.07, 6.45) is 1.49. The van der Waals surface area contributed by atoms with Gasteiger partial charge in [0.15, 0.2) is 0 Å². The smallest absolute Gasteiger partial charge is 0.303 e. The van der Waals surface area contributed by atoms with Gasteiger partial charge in [-0.1, -0.05) is 23.4 Å². The molecular formula is C16H20N4O3. The van der Waals surface area contributed by atoms with Crippen LogP contribution in [0.2, 0.25) is 0 Å². The van der Waals surface area contributed by atoms with E-state index in [1.54, 1.807) is 4.68 Å². The highest BCUT2D eigenvalue weighted by molar-refractivity contribution is 5.78. The Morgan fingerprint density at radius 1 is 1.22 bits per heavy atom. The van der Waals surface area contributed by atoms with Gasteiger partial charge in [0.2, 0.25) is 5.91 Å². The number of carboxylic acids is 1. The van der Waals surface area contributed by atoms with Crippen LogP contribution in [0.25, 0.3) is 5.69 Å². The van der Waals surface area contributed by atoms with E-state index in [4.69, 9.17) is 5.11 Å². The van der Waals surface area contributed by atoms with Gasteiger partial charge >= 0.3 is 5.97 Å². The molecule has 7 nitrogen and oxygen atoms in total. The Morgan fingerprint density at radius 3 is 2.65 bits per heavy atom. The summed E-state index contributed by atoms with van der Waals surface area (Å²) in [4.78, 5) is 22.3. The molecule has 0 fully saturated rings. The number of benzene rings is 1. The van der Waals surface area contributed by atoms with Crippen LogP contribution < -0.4 is 5.32 Å². The minimum absolute atomic E-state index is 0.125. The first-order valence-electron chi connectivity index (χ1n) is 7.53. The van der Waals surface area contributed by atoms with E-state index < -0.39 is 5.97 Å². The van der Waals surface area contributed by atoms with Crippen molar-refractivity contribution in [1.82, 2.24) is 20.3 Å². The van der Waals surface area contributed by atoms with Gasteiger partial charge in [-0.3, -0.25) is 9.59 Å². The highest BCUT2D eigenvalue weighted by Crippen LogP contribution is 2.12. The van der Waals surface area contributed by atoms with E-state index in [0.717, 1.165) is 11.4 Å². The molecule has 0 bridgehead atoms. The molecule has 23 heavy (non-hydrogen) atoms. The number of amides is 1. The monoisotopic (exact) mass is 316 g/mol. The van der Waals surface area contributed by atoms with Crippen molar-refractivity contribution in [2.45, 2.75) is 32.6 Å². The van der Waals surface area contributed by atoms with E-state index in [0.29, 0.717) is 25.1 Å². The summed E-state index contributed by atoms with van der Waals surface area (Å²) >= 11 is 0. The summed E-state index contributed by atoms with van der Waals surface area (Å²) in [6.45, 7) is 2.35. The lowest BCUT2D eigenvalue weighted by atomic mass is 10.2.